The molecule has 32 heavy (non-hydrogen) atoms. The summed E-state index contributed by atoms with van der Waals surface area (Å²) in [7, 11) is 0. The van der Waals surface area contributed by atoms with Crippen molar-refractivity contribution in [3.8, 4) is 11.1 Å². The van der Waals surface area contributed by atoms with Gasteiger partial charge >= 0.3 is 0 Å². The zero-order valence-electron chi connectivity index (χ0n) is 17.8. The van der Waals surface area contributed by atoms with Crippen molar-refractivity contribution in [3.05, 3.63) is 83.4 Å². The molecule has 0 spiro atoms. The molecule has 1 unspecified atom stereocenters. The van der Waals surface area contributed by atoms with Gasteiger partial charge in [0.1, 0.15) is 11.1 Å². The van der Waals surface area contributed by atoms with Crippen LogP contribution in [0.1, 0.15) is 33.2 Å². The molecule has 5 aromatic rings. The van der Waals surface area contributed by atoms with E-state index in [0.29, 0.717) is 11.2 Å². The number of nitrogens with one attached hydrogen (secondary N) is 2. The topological polar surface area (TPSA) is 114 Å². The third-order valence-electron chi connectivity index (χ3n) is 5.74. The van der Waals surface area contributed by atoms with E-state index in [1.807, 2.05) is 44.2 Å². The molecular formula is C24H23N7O. The zero-order valence-corrected chi connectivity index (χ0v) is 17.8. The second kappa shape index (κ2) is 7.90. The Bertz CT molecular complexity index is 1440. The first kappa shape index (κ1) is 19.9. The Morgan fingerprint density at radius 1 is 1.22 bits per heavy atom. The Morgan fingerprint density at radius 3 is 2.81 bits per heavy atom. The van der Waals surface area contributed by atoms with E-state index in [1.54, 1.807) is 23.0 Å². The number of H-pyrrole nitrogens is 1. The van der Waals surface area contributed by atoms with E-state index in [-0.39, 0.29) is 12.5 Å². The fourth-order valence-corrected chi connectivity index (χ4v) is 4.28. The van der Waals surface area contributed by atoms with Crippen LogP contribution in [0.2, 0.25) is 0 Å². The van der Waals surface area contributed by atoms with Gasteiger partial charge in [0, 0.05) is 35.6 Å². The molecule has 0 saturated carbocycles. The van der Waals surface area contributed by atoms with Crippen molar-refractivity contribution >= 4 is 22.5 Å². The number of aromatic amines is 1. The second-order valence-corrected chi connectivity index (χ2v) is 7.80. The molecule has 0 aliphatic heterocycles. The van der Waals surface area contributed by atoms with Crippen LogP contribution in [0.4, 0.5) is 0 Å². The lowest BCUT2D eigenvalue weighted by atomic mass is 9.90. The van der Waals surface area contributed by atoms with Gasteiger partial charge in [-0.05, 0) is 36.6 Å². The number of carbonyl (C=O) groups excluding carboxylic acids is 1. The maximum Gasteiger partial charge on any atom is 0.257 e. The number of amides is 1. The number of rotatable bonds is 5. The van der Waals surface area contributed by atoms with Crippen molar-refractivity contribution in [3.63, 3.8) is 0 Å². The number of nitrogens with two attached hydrogens (primary N) is 1. The van der Waals surface area contributed by atoms with Crippen LogP contribution >= 0.6 is 0 Å². The lowest BCUT2D eigenvalue weighted by molar-refractivity contribution is 0.0939. The van der Waals surface area contributed by atoms with Gasteiger partial charge in [0.15, 0.2) is 5.65 Å². The molecule has 0 bridgehead atoms. The van der Waals surface area contributed by atoms with Gasteiger partial charge in [-0.15, -0.1) is 0 Å². The quantitative estimate of drug-likeness (QED) is 0.400. The molecule has 0 aliphatic rings. The van der Waals surface area contributed by atoms with Crippen molar-refractivity contribution in [2.45, 2.75) is 19.9 Å². The van der Waals surface area contributed by atoms with Crippen molar-refractivity contribution in [2.24, 2.45) is 5.73 Å². The monoisotopic (exact) mass is 425 g/mol. The summed E-state index contributed by atoms with van der Waals surface area (Å²) in [6.45, 7) is 4.29. The first-order valence-electron chi connectivity index (χ1n) is 10.4. The van der Waals surface area contributed by atoms with Crippen LogP contribution in [-0.2, 0) is 0 Å². The minimum Gasteiger partial charge on any atom is -0.344 e. The number of benzene rings is 2. The van der Waals surface area contributed by atoms with Crippen molar-refractivity contribution in [1.29, 1.82) is 0 Å². The number of hydrogen-bond acceptors (Lipinski definition) is 5. The Morgan fingerprint density at radius 2 is 2.03 bits per heavy atom. The molecule has 4 N–H and O–H groups in total. The van der Waals surface area contributed by atoms with Crippen LogP contribution in [0, 0.1) is 13.8 Å². The van der Waals surface area contributed by atoms with E-state index in [0.717, 1.165) is 38.9 Å². The van der Waals surface area contributed by atoms with Gasteiger partial charge in [-0.25, -0.2) is 9.50 Å². The first-order valence-corrected chi connectivity index (χ1v) is 10.4. The summed E-state index contributed by atoms with van der Waals surface area (Å²) in [4.78, 5) is 17.5. The van der Waals surface area contributed by atoms with E-state index in [1.165, 1.54) is 6.20 Å². The van der Waals surface area contributed by atoms with Gasteiger partial charge in [0.25, 0.3) is 5.91 Å². The second-order valence-electron chi connectivity index (χ2n) is 7.80. The van der Waals surface area contributed by atoms with Crippen LogP contribution in [-0.4, -0.2) is 37.2 Å². The Kier molecular flexibility index (Phi) is 4.91. The van der Waals surface area contributed by atoms with Gasteiger partial charge in [-0.2, -0.15) is 10.2 Å². The molecule has 8 heteroatoms. The largest absolute Gasteiger partial charge is 0.344 e. The molecule has 1 atom stereocenters. The number of nitrogens with zero attached hydrogens (tertiary/aromatic N) is 4. The van der Waals surface area contributed by atoms with Gasteiger partial charge in [0.05, 0.1) is 12.2 Å². The van der Waals surface area contributed by atoms with E-state index in [9.17, 15) is 4.79 Å². The smallest absolute Gasteiger partial charge is 0.257 e. The van der Waals surface area contributed by atoms with Crippen LogP contribution < -0.4 is 11.1 Å². The summed E-state index contributed by atoms with van der Waals surface area (Å²) in [5.41, 5.74) is 12.9. The molecule has 3 heterocycles. The van der Waals surface area contributed by atoms with E-state index in [2.05, 4.69) is 31.7 Å². The Balaban J connectivity index is 1.63. The predicted molar refractivity (Wildman–Crippen MR) is 123 cm³/mol. The van der Waals surface area contributed by atoms with E-state index >= 15 is 0 Å². The molecule has 2 aromatic carbocycles. The van der Waals surface area contributed by atoms with E-state index in [4.69, 9.17) is 5.73 Å². The minimum atomic E-state index is -0.420. The predicted octanol–water partition coefficient (Wildman–Crippen LogP) is 3.32. The number of carbonyl (C=O) groups is 1. The molecule has 0 aliphatic carbocycles. The summed E-state index contributed by atoms with van der Waals surface area (Å²) in [6, 6.07) is 13.5. The number of aromatic nitrogens is 5. The standard InChI is InChI=1S/C24H23N7O/c1-14-11-17(21(16-7-4-3-5-8-16)22-20(14)15(2)29-30-22)19(12-25)28-24(32)18-13-27-31-10-6-9-26-23(18)31/h3-11,13,19H,12,25H2,1-2H3,(H,28,32)(H,29,30). The Labute approximate surface area is 184 Å². The highest BCUT2D eigenvalue weighted by molar-refractivity contribution is 6.01. The van der Waals surface area contributed by atoms with Crippen molar-refractivity contribution < 1.29 is 4.79 Å². The Hall–Kier alpha value is -4.04. The molecule has 8 nitrogen and oxygen atoms in total. The molecular weight excluding hydrogens is 402 g/mol. The average Bonchev–Trinajstić information content (AvgIpc) is 3.42. The molecule has 0 saturated heterocycles. The molecule has 0 fully saturated rings. The van der Waals surface area contributed by atoms with E-state index < -0.39 is 6.04 Å². The maximum absolute atomic E-state index is 13.2. The van der Waals surface area contributed by atoms with Gasteiger partial charge in [-0.3, -0.25) is 9.89 Å². The lowest BCUT2D eigenvalue weighted by Gasteiger charge is -2.22. The van der Waals surface area contributed by atoms with Gasteiger partial charge in [0.2, 0.25) is 0 Å². The summed E-state index contributed by atoms with van der Waals surface area (Å²) in [6.07, 6.45) is 4.91. The third-order valence-corrected chi connectivity index (χ3v) is 5.74. The normalized spacial score (nSPS) is 12.3. The van der Waals surface area contributed by atoms with Crippen LogP contribution in [0.5, 0.6) is 0 Å². The maximum atomic E-state index is 13.2. The number of hydrogen-bond donors (Lipinski definition) is 3. The number of fused-ring (bicyclic) bond motifs is 2. The average molecular weight is 425 g/mol. The molecule has 0 radical (unpaired) electrons. The van der Waals surface area contributed by atoms with Crippen LogP contribution in [0.15, 0.2) is 61.1 Å². The molecule has 160 valence electrons. The van der Waals surface area contributed by atoms with Crippen molar-refractivity contribution in [1.82, 2.24) is 30.1 Å². The summed E-state index contributed by atoms with van der Waals surface area (Å²) in [5, 5.41) is 16.1. The van der Waals surface area contributed by atoms with Crippen LogP contribution in [0.25, 0.3) is 27.7 Å². The fourth-order valence-electron chi connectivity index (χ4n) is 4.28. The fraction of sp³-hybridized carbons (Fsp3) is 0.167. The van der Waals surface area contributed by atoms with Gasteiger partial charge < -0.3 is 11.1 Å². The SMILES string of the molecule is Cc1cc(C(CN)NC(=O)c2cnn3cccnc23)c(-c2ccccc2)c2n[nH]c(C)c12. The highest BCUT2D eigenvalue weighted by atomic mass is 16.1. The summed E-state index contributed by atoms with van der Waals surface area (Å²) >= 11 is 0. The lowest BCUT2D eigenvalue weighted by Crippen LogP contribution is -2.34. The summed E-state index contributed by atoms with van der Waals surface area (Å²) in [5.74, 6) is -0.274. The third kappa shape index (κ3) is 3.21. The first-order chi connectivity index (χ1) is 15.6. The number of aryl methyl sites for hydroxylation is 2. The zero-order chi connectivity index (χ0) is 22.2. The highest BCUT2D eigenvalue weighted by Gasteiger charge is 2.24. The highest BCUT2D eigenvalue weighted by Crippen LogP contribution is 2.37. The van der Waals surface area contributed by atoms with Crippen molar-refractivity contribution in [2.75, 3.05) is 6.54 Å². The molecule has 5 rings (SSSR count). The molecule has 1 amide bonds. The van der Waals surface area contributed by atoms with Gasteiger partial charge in [-0.1, -0.05) is 36.4 Å². The minimum absolute atomic E-state index is 0.229. The summed E-state index contributed by atoms with van der Waals surface area (Å²) < 4.78 is 1.57. The van der Waals surface area contributed by atoms with Crippen LogP contribution in [0.3, 0.4) is 0 Å². The molecule has 3 aromatic heterocycles.